The van der Waals surface area contributed by atoms with Crippen molar-refractivity contribution in [1.82, 2.24) is 5.32 Å². The molecule has 4 heteroatoms. The van der Waals surface area contributed by atoms with Gasteiger partial charge in [0.1, 0.15) is 0 Å². The highest BCUT2D eigenvalue weighted by Gasteiger charge is 2.10. The summed E-state index contributed by atoms with van der Waals surface area (Å²) in [5.74, 6) is -0.217. The lowest BCUT2D eigenvalue weighted by atomic mass is 9.99. The van der Waals surface area contributed by atoms with E-state index in [9.17, 15) is 4.79 Å². The first-order valence-electron chi connectivity index (χ1n) is 6.79. The molecule has 2 N–H and O–H groups in total. The molecular weight excluding hydrogens is 286 g/mol. The van der Waals surface area contributed by atoms with Crippen LogP contribution in [0.15, 0.2) is 36.4 Å². The van der Waals surface area contributed by atoms with Crippen molar-refractivity contribution >= 4 is 17.5 Å². The third-order valence-electron chi connectivity index (χ3n) is 3.44. The highest BCUT2D eigenvalue weighted by atomic mass is 35.5. The molecule has 2 aromatic carbocycles. The van der Waals surface area contributed by atoms with Crippen LogP contribution >= 0.6 is 11.6 Å². The first kappa shape index (κ1) is 15.5. The number of hydrogen-bond acceptors (Lipinski definition) is 2. The molecule has 0 spiro atoms. The summed E-state index contributed by atoms with van der Waals surface area (Å²) >= 11 is 6.26. The number of hydrogen-bond donors (Lipinski definition) is 2. The summed E-state index contributed by atoms with van der Waals surface area (Å²) in [6, 6.07) is 11.3. The summed E-state index contributed by atoms with van der Waals surface area (Å²) in [7, 11) is 0. The number of nitrogens with one attached hydrogen (secondary N) is 1. The first-order chi connectivity index (χ1) is 10.0. The number of amides is 1. The van der Waals surface area contributed by atoms with Gasteiger partial charge in [0.15, 0.2) is 0 Å². The highest BCUT2D eigenvalue weighted by molar-refractivity contribution is 6.33. The predicted molar refractivity (Wildman–Crippen MR) is 85.8 cm³/mol. The van der Waals surface area contributed by atoms with E-state index < -0.39 is 0 Å². The Bertz CT molecular complexity index is 668. The molecule has 0 aromatic heterocycles. The number of aryl methyl sites for hydroxylation is 2. The molecule has 0 atom stereocenters. The smallest absolute Gasteiger partial charge is 0.251 e. The fourth-order valence-electron chi connectivity index (χ4n) is 2.07. The molecule has 0 fully saturated rings. The predicted octanol–water partition coefficient (Wildman–Crippen LogP) is 3.35. The summed E-state index contributed by atoms with van der Waals surface area (Å²) in [4.78, 5) is 12.0. The molecule has 110 valence electrons. The maximum atomic E-state index is 12.0. The number of halogens is 1. The Morgan fingerprint density at radius 3 is 2.57 bits per heavy atom. The zero-order chi connectivity index (χ0) is 15.4. The molecule has 0 saturated heterocycles. The van der Waals surface area contributed by atoms with E-state index in [0.717, 1.165) is 11.1 Å². The molecular formula is C17H18ClNO2. The van der Waals surface area contributed by atoms with Gasteiger partial charge in [0, 0.05) is 22.7 Å². The van der Waals surface area contributed by atoms with Crippen LogP contribution in [0.4, 0.5) is 0 Å². The van der Waals surface area contributed by atoms with Crippen LogP contribution in [0.25, 0.3) is 11.1 Å². The monoisotopic (exact) mass is 303 g/mol. The Labute approximate surface area is 129 Å². The zero-order valence-corrected chi connectivity index (χ0v) is 12.9. The number of aliphatic hydroxyl groups excluding tert-OH is 1. The van der Waals surface area contributed by atoms with Crippen LogP contribution in [0.3, 0.4) is 0 Å². The Hall–Kier alpha value is -1.84. The van der Waals surface area contributed by atoms with Crippen LogP contribution in [0.1, 0.15) is 21.5 Å². The second-order valence-electron chi connectivity index (χ2n) is 4.97. The summed E-state index contributed by atoms with van der Waals surface area (Å²) in [6.07, 6.45) is 0. The van der Waals surface area contributed by atoms with Crippen molar-refractivity contribution in [2.45, 2.75) is 13.8 Å². The lowest BCUT2D eigenvalue weighted by Gasteiger charge is -2.10. The molecule has 0 heterocycles. The van der Waals surface area contributed by atoms with Crippen molar-refractivity contribution in [3.05, 3.63) is 58.1 Å². The molecule has 0 aliphatic heterocycles. The number of carbonyl (C=O) groups excluding carboxylic acids is 1. The van der Waals surface area contributed by atoms with Crippen molar-refractivity contribution in [1.29, 1.82) is 0 Å². The standard InChI is InChI=1S/C17H18ClNO2/c1-11-3-4-13(9-12(11)2)15-10-14(5-6-16(15)18)17(21)19-7-8-20/h3-6,9-10,20H,7-8H2,1-2H3,(H,19,21). The van der Waals surface area contributed by atoms with Gasteiger partial charge in [-0.3, -0.25) is 4.79 Å². The van der Waals surface area contributed by atoms with Crippen molar-refractivity contribution in [3.63, 3.8) is 0 Å². The van der Waals surface area contributed by atoms with Crippen molar-refractivity contribution in [2.75, 3.05) is 13.2 Å². The van der Waals surface area contributed by atoms with E-state index in [1.807, 2.05) is 19.1 Å². The largest absolute Gasteiger partial charge is 0.395 e. The summed E-state index contributed by atoms with van der Waals surface area (Å²) in [5, 5.41) is 12.0. The zero-order valence-electron chi connectivity index (χ0n) is 12.1. The Balaban J connectivity index is 2.39. The number of benzene rings is 2. The van der Waals surface area contributed by atoms with E-state index in [4.69, 9.17) is 16.7 Å². The molecule has 0 saturated carbocycles. The van der Waals surface area contributed by atoms with Crippen LogP contribution in [0.2, 0.25) is 5.02 Å². The quantitative estimate of drug-likeness (QED) is 0.910. The van der Waals surface area contributed by atoms with Crippen molar-refractivity contribution < 1.29 is 9.90 Å². The van der Waals surface area contributed by atoms with Crippen LogP contribution < -0.4 is 5.32 Å². The first-order valence-corrected chi connectivity index (χ1v) is 7.17. The third kappa shape index (κ3) is 3.63. The highest BCUT2D eigenvalue weighted by Crippen LogP contribution is 2.30. The molecule has 2 aromatic rings. The minimum Gasteiger partial charge on any atom is -0.395 e. The van der Waals surface area contributed by atoms with Gasteiger partial charge in [-0.05, 0) is 48.7 Å². The maximum absolute atomic E-state index is 12.0. The van der Waals surface area contributed by atoms with Gasteiger partial charge in [-0.25, -0.2) is 0 Å². The lowest BCUT2D eigenvalue weighted by molar-refractivity contribution is 0.0945. The average molecular weight is 304 g/mol. The molecule has 0 aliphatic carbocycles. The minimum atomic E-state index is -0.217. The van der Waals surface area contributed by atoms with Crippen molar-refractivity contribution in [3.8, 4) is 11.1 Å². The van der Waals surface area contributed by atoms with E-state index >= 15 is 0 Å². The van der Waals surface area contributed by atoms with Crippen LogP contribution in [0.5, 0.6) is 0 Å². The van der Waals surface area contributed by atoms with E-state index in [-0.39, 0.29) is 19.1 Å². The lowest BCUT2D eigenvalue weighted by Crippen LogP contribution is -2.26. The Kier molecular flexibility index (Phi) is 4.99. The molecule has 0 aliphatic rings. The molecule has 0 radical (unpaired) electrons. The Morgan fingerprint density at radius 2 is 1.90 bits per heavy atom. The van der Waals surface area contributed by atoms with Gasteiger partial charge < -0.3 is 10.4 Å². The molecule has 21 heavy (non-hydrogen) atoms. The Morgan fingerprint density at radius 1 is 1.14 bits per heavy atom. The molecule has 0 unspecified atom stereocenters. The summed E-state index contributed by atoms with van der Waals surface area (Å²) < 4.78 is 0. The van der Waals surface area contributed by atoms with Gasteiger partial charge in [-0.15, -0.1) is 0 Å². The minimum absolute atomic E-state index is 0.0800. The van der Waals surface area contributed by atoms with Gasteiger partial charge in [0.25, 0.3) is 5.91 Å². The van der Waals surface area contributed by atoms with E-state index in [1.54, 1.807) is 18.2 Å². The van der Waals surface area contributed by atoms with Gasteiger partial charge in [0.2, 0.25) is 0 Å². The van der Waals surface area contributed by atoms with Gasteiger partial charge in [0.05, 0.1) is 6.61 Å². The summed E-state index contributed by atoms with van der Waals surface area (Å²) in [5.41, 5.74) is 4.74. The van der Waals surface area contributed by atoms with Crippen LogP contribution in [0, 0.1) is 13.8 Å². The fraction of sp³-hybridized carbons (Fsp3) is 0.235. The maximum Gasteiger partial charge on any atom is 0.251 e. The summed E-state index contributed by atoms with van der Waals surface area (Å²) in [6.45, 7) is 4.26. The van der Waals surface area contributed by atoms with Crippen molar-refractivity contribution in [2.24, 2.45) is 0 Å². The van der Waals surface area contributed by atoms with E-state index in [1.165, 1.54) is 11.1 Å². The van der Waals surface area contributed by atoms with E-state index in [2.05, 4.69) is 18.3 Å². The molecule has 2 rings (SSSR count). The third-order valence-corrected chi connectivity index (χ3v) is 3.77. The van der Waals surface area contributed by atoms with Gasteiger partial charge >= 0.3 is 0 Å². The van der Waals surface area contributed by atoms with Gasteiger partial charge in [-0.1, -0.05) is 29.8 Å². The fourth-order valence-corrected chi connectivity index (χ4v) is 2.29. The normalized spacial score (nSPS) is 10.5. The van der Waals surface area contributed by atoms with Crippen LogP contribution in [-0.4, -0.2) is 24.2 Å². The van der Waals surface area contributed by atoms with E-state index in [0.29, 0.717) is 10.6 Å². The number of carbonyl (C=O) groups is 1. The number of rotatable bonds is 4. The van der Waals surface area contributed by atoms with Gasteiger partial charge in [-0.2, -0.15) is 0 Å². The molecule has 1 amide bonds. The number of aliphatic hydroxyl groups is 1. The molecule has 3 nitrogen and oxygen atoms in total. The topological polar surface area (TPSA) is 49.3 Å². The second-order valence-corrected chi connectivity index (χ2v) is 5.38. The SMILES string of the molecule is Cc1ccc(-c2cc(C(=O)NCCO)ccc2Cl)cc1C. The second kappa shape index (κ2) is 6.74. The average Bonchev–Trinajstić information content (AvgIpc) is 2.48. The van der Waals surface area contributed by atoms with Crippen LogP contribution in [-0.2, 0) is 0 Å². The molecule has 0 bridgehead atoms.